The monoisotopic (exact) mass is 283 g/mol. The van der Waals surface area contributed by atoms with Gasteiger partial charge in [0, 0.05) is 6.54 Å². The van der Waals surface area contributed by atoms with Crippen LogP contribution in [0.25, 0.3) is 0 Å². The van der Waals surface area contributed by atoms with Crippen LogP contribution >= 0.6 is 11.6 Å². The van der Waals surface area contributed by atoms with E-state index in [2.05, 4.69) is 4.98 Å². The molecular weight excluding hydrogens is 270 g/mol. The molecule has 0 aromatic carbocycles. The molecule has 1 aliphatic heterocycles. The Labute approximate surface area is 115 Å². The molecule has 0 spiro atoms. The van der Waals surface area contributed by atoms with Crippen LogP contribution in [-0.2, 0) is 9.53 Å². The fourth-order valence-corrected chi connectivity index (χ4v) is 2.34. The van der Waals surface area contributed by atoms with Crippen LogP contribution in [0.1, 0.15) is 23.2 Å². The van der Waals surface area contributed by atoms with Crippen molar-refractivity contribution < 1.29 is 14.3 Å². The van der Waals surface area contributed by atoms with Crippen molar-refractivity contribution in [1.82, 2.24) is 9.88 Å². The summed E-state index contributed by atoms with van der Waals surface area (Å²) in [5.74, 6) is -0.767. The van der Waals surface area contributed by atoms with Crippen molar-refractivity contribution in [3.63, 3.8) is 0 Å². The number of nitrogens with two attached hydrogens (primary N) is 1. The molecule has 102 valence electrons. The molecule has 1 atom stereocenters. The summed E-state index contributed by atoms with van der Waals surface area (Å²) in [6, 6.07) is 0.902. The van der Waals surface area contributed by atoms with Crippen LogP contribution in [0.4, 0.5) is 5.69 Å². The van der Waals surface area contributed by atoms with E-state index in [9.17, 15) is 9.59 Å². The predicted octanol–water partition coefficient (Wildman–Crippen LogP) is 1.09. The smallest absolute Gasteiger partial charge is 0.328 e. The summed E-state index contributed by atoms with van der Waals surface area (Å²) in [4.78, 5) is 29.3. The molecular formula is C12H14ClN3O3. The van der Waals surface area contributed by atoms with Gasteiger partial charge < -0.3 is 15.4 Å². The molecule has 1 aromatic rings. The van der Waals surface area contributed by atoms with Crippen LogP contribution in [0.5, 0.6) is 0 Å². The zero-order valence-electron chi connectivity index (χ0n) is 10.4. The first-order valence-electron chi connectivity index (χ1n) is 5.84. The van der Waals surface area contributed by atoms with E-state index in [0.717, 1.165) is 6.42 Å². The summed E-state index contributed by atoms with van der Waals surface area (Å²) < 4.78 is 4.70. The number of aromatic nitrogens is 1. The van der Waals surface area contributed by atoms with Crippen LogP contribution in [0.15, 0.2) is 12.3 Å². The molecule has 2 rings (SSSR count). The number of halogens is 1. The number of ether oxygens (including phenoxy) is 1. The standard InChI is InChI=1S/C12H14ClN3O3/c1-19-12(18)9-3-2-4-16(9)11(17)8-5-7(14)6-15-10(8)13/h5-6,9H,2-4,14H2,1H3. The molecule has 1 saturated heterocycles. The second-order valence-electron chi connectivity index (χ2n) is 4.29. The maximum absolute atomic E-state index is 12.4. The normalized spacial score (nSPS) is 18.4. The maximum Gasteiger partial charge on any atom is 0.328 e. The highest BCUT2D eigenvalue weighted by Gasteiger charge is 2.36. The summed E-state index contributed by atoms with van der Waals surface area (Å²) >= 11 is 5.90. The third kappa shape index (κ3) is 2.63. The molecule has 1 aromatic heterocycles. The van der Waals surface area contributed by atoms with E-state index in [1.807, 2.05) is 0 Å². The molecule has 0 aliphatic carbocycles. The molecule has 1 amide bonds. The van der Waals surface area contributed by atoms with Gasteiger partial charge in [-0.3, -0.25) is 4.79 Å². The summed E-state index contributed by atoms with van der Waals surface area (Å²) in [6.07, 6.45) is 2.71. The van der Waals surface area contributed by atoms with E-state index in [0.29, 0.717) is 18.7 Å². The Morgan fingerprint density at radius 2 is 2.32 bits per heavy atom. The number of esters is 1. The van der Waals surface area contributed by atoms with Crippen molar-refractivity contribution in [1.29, 1.82) is 0 Å². The zero-order valence-corrected chi connectivity index (χ0v) is 11.2. The molecule has 19 heavy (non-hydrogen) atoms. The van der Waals surface area contributed by atoms with Crippen LogP contribution in [0.2, 0.25) is 5.15 Å². The molecule has 1 fully saturated rings. The Morgan fingerprint density at radius 1 is 1.58 bits per heavy atom. The van der Waals surface area contributed by atoms with Crippen LogP contribution in [-0.4, -0.2) is 41.5 Å². The van der Waals surface area contributed by atoms with E-state index in [-0.39, 0.29) is 16.6 Å². The lowest BCUT2D eigenvalue weighted by atomic mass is 10.2. The van der Waals surface area contributed by atoms with Crippen LogP contribution < -0.4 is 5.73 Å². The molecule has 2 N–H and O–H groups in total. The number of amides is 1. The quantitative estimate of drug-likeness (QED) is 0.649. The minimum absolute atomic E-state index is 0.0784. The van der Waals surface area contributed by atoms with Gasteiger partial charge in [0.2, 0.25) is 0 Å². The minimum atomic E-state index is -0.560. The number of rotatable bonds is 2. The van der Waals surface area contributed by atoms with E-state index in [1.54, 1.807) is 0 Å². The second-order valence-corrected chi connectivity index (χ2v) is 4.64. The molecule has 1 unspecified atom stereocenters. The number of carbonyl (C=O) groups is 2. The van der Waals surface area contributed by atoms with Crippen molar-refractivity contribution in [3.05, 3.63) is 23.0 Å². The van der Waals surface area contributed by atoms with Gasteiger partial charge in [0.15, 0.2) is 0 Å². The lowest BCUT2D eigenvalue weighted by molar-refractivity contribution is -0.145. The Bertz CT molecular complexity index is 521. The average molecular weight is 284 g/mol. The van der Waals surface area contributed by atoms with Gasteiger partial charge in [-0.1, -0.05) is 11.6 Å². The molecule has 6 nitrogen and oxygen atoms in total. The molecule has 1 aliphatic rings. The number of nitrogens with zero attached hydrogens (tertiary/aromatic N) is 2. The predicted molar refractivity (Wildman–Crippen MR) is 69.7 cm³/mol. The summed E-state index contributed by atoms with van der Waals surface area (Å²) in [5, 5.41) is 0.0784. The third-order valence-electron chi connectivity index (χ3n) is 3.08. The number of likely N-dealkylation sites (tertiary alicyclic amines) is 1. The fourth-order valence-electron chi connectivity index (χ4n) is 2.16. The Balaban J connectivity index is 2.28. The Hall–Kier alpha value is -1.82. The van der Waals surface area contributed by atoms with Crippen molar-refractivity contribution in [3.8, 4) is 0 Å². The fraction of sp³-hybridized carbons (Fsp3) is 0.417. The highest BCUT2D eigenvalue weighted by molar-refractivity contribution is 6.32. The second kappa shape index (κ2) is 5.44. The number of hydrogen-bond donors (Lipinski definition) is 1. The minimum Gasteiger partial charge on any atom is -0.467 e. The van der Waals surface area contributed by atoms with Gasteiger partial charge in [-0.05, 0) is 18.9 Å². The van der Waals surface area contributed by atoms with Crippen LogP contribution in [0, 0.1) is 0 Å². The lowest BCUT2D eigenvalue weighted by Gasteiger charge is -2.23. The van der Waals surface area contributed by atoms with E-state index >= 15 is 0 Å². The number of anilines is 1. The number of carbonyl (C=O) groups excluding carboxylic acids is 2. The first kappa shape index (κ1) is 13.6. The zero-order chi connectivity index (χ0) is 14.0. The van der Waals surface area contributed by atoms with Crippen LogP contribution in [0.3, 0.4) is 0 Å². The number of pyridine rings is 1. The van der Waals surface area contributed by atoms with Crippen molar-refractivity contribution in [2.45, 2.75) is 18.9 Å². The van der Waals surface area contributed by atoms with Crippen molar-refractivity contribution in [2.75, 3.05) is 19.4 Å². The van der Waals surface area contributed by atoms with E-state index in [4.69, 9.17) is 22.1 Å². The molecule has 0 radical (unpaired) electrons. The molecule has 0 saturated carbocycles. The van der Waals surface area contributed by atoms with Gasteiger partial charge in [-0.15, -0.1) is 0 Å². The Kier molecular flexibility index (Phi) is 3.90. The summed E-state index contributed by atoms with van der Waals surface area (Å²) in [7, 11) is 1.30. The Morgan fingerprint density at radius 3 is 3.00 bits per heavy atom. The van der Waals surface area contributed by atoms with E-state index in [1.165, 1.54) is 24.3 Å². The highest BCUT2D eigenvalue weighted by Crippen LogP contribution is 2.24. The molecule has 0 bridgehead atoms. The van der Waals surface area contributed by atoms with E-state index < -0.39 is 12.0 Å². The van der Waals surface area contributed by atoms with Gasteiger partial charge >= 0.3 is 5.97 Å². The highest BCUT2D eigenvalue weighted by atomic mass is 35.5. The molecule has 7 heteroatoms. The van der Waals surface area contributed by atoms with Gasteiger partial charge in [0.05, 0.1) is 24.6 Å². The SMILES string of the molecule is COC(=O)C1CCCN1C(=O)c1cc(N)cnc1Cl. The van der Waals surface area contributed by atoms with Gasteiger partial charge in [-0.2, -0.15) is 0 Å². The molecule has 2 heterocycles. The number of methoxy groups -OCH3 is 1. The maximum atomic E-state index is 12.4. The largest absolute Gasteiger partial charge is 0.467 e. The topological polar surface area (TPSA) is 85.5 Å². The summed E-state index contributed by atoms with van der Waals surface area (Å²) in [6.45, 7) is 0.490. The summed E-state index contributed by atoms with van der Waals surface area (Å²) in [5.41, 5.74) is 6.16. The third-order valence-corrected chi connectivity index (χ3v) is 3.38. The average Bonchev–Trinajstić information content (AvgIpc) is 2.89. The van der Waals surface area contributed by atoms with Gasteiger partial charge in [0.25, 0.3) is 5.91 Å². The number of hydrogen-bond acceptors (Lipinski definition) is 5. The lowest BCUT2D eigenvalue weighted by Crippen LogP contribution is -2.41. The van der Waals surface area contributed by atoms with Crippen molar-refractivity contribution >= 4 is 29.2 Å². The first-order chi connectivity index (χ1) is 9.04. The van der Waals surface area contributed by atoms with Gasteiger partial charge in [-0.25, -0.2) is 9.78 Å². The van der Waals surface area contributed by atoms with Gasteiger partial charge in [0.1, 0.15) is 11.2 Å². The number of nitrogen functional groups attached to an aromatic ring is 1. The van der Waals surface area contributed by atoms with Crippen molar-refractivity contribution in [2.24, 2.45) is 0 Å². The first-order valence-corrected chi connectivity index (χ1v) is 6.22.